The van der Waals surface area contributed by atoms with E-state index in [0.717, 1.165) is 10.7 Å². The van der Waals surface area contributed by atoms with Crippen molar-refractivity contribution in [2.24, 2.45) is 0 Å². The van der Waals surface area contributed by atoms with E-state index >= 15 is 0 Å². The lowest BCUT2D eigenvalue weighted by atomic mass is 10.1. The van der Waals surface area contributed by atoms with Crippen LogP contribution in [-0.2, 0) is 0 Å². The molecule has 0 N–H and O–H groups in total. The molecule has 0 bridgehead atoms. The van der Waals surface area contributed by atoms with E-state index in [0.29, 0.717) is 0 Å². The monoisotopic (exact) mass is 264 g/mol. The van der Waals surface area contributed by atoms with Crippen molar-refractivity contribution < 1.29 is 0 Å². The number of hydrogen-bond donors (Lipinski definition) is 0. The molecule has 0 fully saturated rings. The summed E-state index contributed by atoms with van der Waals surface area (Å²) in [5.41, 5.74) is 4.71. The van der Waals surface area contributed by atoms with E-state index in [2.05, 4.69) is 59.9 Å². The van der Waals surface area contributed by atoms with Gasteiger partial charge in [0.15, 0.2) is 4.96 Å². The third kappa shape index (κ3) is 1.52. The van der Waals surface area contributed by atoms with Crippen LogP contribution in [0.15, 0.2) is 54.6 Å². The predicted octanol–water partition coefficient (Wildman–Crippen LogP) is 4.52. The lowest BCUT2D eigenvalue weighted by Crippen LogP contribution is -1.85. The molecule has 0 aliphatic carbocycles. The third-order valence-electron chi connectivity index (χ3n) is 3.43. The first-order valence-corrected chi connectivity index (χ1v) is 7.08. The van der Waals surface area contributed by atoms with Gasteiger partial charge in [-0.15, -0.1) is 0 Å². The van der Waals surface area contributed by atoms with E-state index in [-0.39, 0.29) is 0 Å². The number of imidazole rings is 1. The first kappa shape index (κ1) is 10.8. The smallest absolute Gasteiger partial charge is 0.195 e. The van der Waals surface area contributed by atoms with Crippen LogP contribution < -0.4 is 0 Å². The Bertz CT molecular complexity index is 872. The number of nitrogens with zero attached hydrogens (tertiary/aromatic N) is 2. The van der Waals surface area contributed by atoms with E-state index < -0.39 is 0 Å². The first-order chi connectivity index (χ1) is 9.34. The molecular formula is C16H12N2S. The van der Waals surface area contributed by atoms with Gasteiger partial charge in [-0.25, -0.2) is 4.98 Å². The minimum absolute atomic E-state index is 1.07. The number of para-hydroxylation sites is 1. The minimum atomic E-state index is 1.07. The second kappa shape index (κ2) is 3.93. The molecule has 0 aliphatic rings. The van der Waals surface area contributed by atoms with Crippen molar-refractivity contribution in [3.05, 3.63) is 60.3 Å². The molecule has 0 radical (unpaired) electrons. The maximum Gasteiger partial charge on any atom is 0.195 e. The molecule has 0 saturated carbocycles. The van der Waals surface area contributed by atoms with E-state index in [9.17, 15) is 0 Å². The van der Waals surface area contributed by atoms with E-state index in [1.165, 1.54) is 21.5 Å². The van der Waals surface area contributed by atoms with Gasteiger partial charge in [-0.1, -0.05) is 53.8 Å². The predicted molar refractivity (Wildman–Crippen MR) is 80.7 cm³/mol. The molecule has 92 valence electrons. The van der Waals surface area contributed by atoms with Crippen LogP contribution in [0.5, 0.6) is 0 Å². The van der Waals surface area contributed by atoms with Crippen molar-refractivity contribution >= 4 is 26.5 Å². The summed E-state index contributed by atoms with van der Waals surface area (Å²) in [5.74, 6) is 0. The molecular weight excluding hydrogens is 252 g/mol. The average molecular weight is 264 g/mol. The SMILES string of the molecule is Cc1c(-c2ccccc2)nc2sc3ccccc3n12. The zero-order valence-electron chi connectivity index (χ0n) is 10.5. The average Bonchev–Trinajstić information content (AvgIpc) is 2.97. The lowest BCUT2D eigenvalue weighted by Gasteiger charge is -1.99. The molecule has 0 amide bonds. The van der Waals surface area contributed by atoms with Gasteiger partial charge in [0.25, 0.3) is 0 Å². The number of rotatable bonds is 1. The van der Waals surface area contributed by atoms with Gasteiger partial charge in [-0.3, -0.25) is 4.40 Å². The normalized spacial score (nSPS) is 11.4. The molecule has 0 spiro atoms. The molecule has 2 nitrogen and oxygen atoms in total. The van der Waals surface area contributed by atoms with Crippen LogP contribution >= 0.6 is 11.3 Å². The largest absolute Gasteiger partial charge is 0.287 e. The number of aromatic nitrogens is 2. The fraction of sp³-hybridized carbons (Fsp3) is 0.0625. The van der Waals surface area contributed by atoms with E-state index in [1.807, 2.05) is 6.07 Å². The molecule has 2 aromatic carbocycles. The zero-order chi connectivity index (χ0) is 12.8. The highest BCUT2D eigenvalue weighted by Gasteiger charge is 2.14. The minimum Gasteiger partial charge on any atom is -0.287 e. The van der Waals surface area contributed by atoms with Gasteiger partial charge in [0.1, 0.15) is 0 Å². The fourth-order valence-electron chi connectivity index (χ4n) is 2.52. The summed E-state index contributed by atoms with van der Waals surface area (Å²) >= 11 is 1.74. The molecule has 0 unspecified atom stereocenters. The van der Waals surface area contributed by atoms with E-state index in [1.54, 1.807) is 11.3 Å². The second-order valence-corrected chi connectivity index (χ2v) is 5.61. The first-order valence-electron chi connectivity index (χ1n) is 6.26. The van der Waals surface area contributed by atoms with Crippen molar-refractivity contribution in [1.82, 2.24) is 9.38 Å². The van der Waals surface area contributed by atoms with Crippen molar-refractivity contribution in [2.75, 3.05) is 0 Å². The van der Waals surface area contributed by atoms with Gasteiger partial charge in [0.05, 0.1) is 15.9 Å². The van der Waals surface area contributed by atoms with Crippen molar-refractivity contribution in [3.8, 4) is 11.3 Å². The summed E-state index contributed by atoms with van der Waals surface area (Å²) < 4.78 is 3.54. The van der Waals surface area contributed by atoms with Gasteiger partial charge in [0.2, 0.25) is 0 Å². The molecule has 4 rings (SSSR count). The Morgan fingerprint density at radius 2 is 1.68 bits per heavy atom. The van der Waals surface area contributed by atoms with Crippen molar-refractivity contribution in [3.63, 3.8) is 0 Å². The lowest BCUT2D eigenvalue weighted by molar-refractivity contribution is 1.19. The van der Waals surface area contributed by atoms with Crippen LogP contribution in [-0.4, -0.2) is 9.38 Å². The Balaban J connectivity index is 2.08. The molecule has 2 aromatic heterocycles. The Morgan fingerprint density at radius 1 is 0.947 bits per heavy atom. The van der Waals surface area contributed by atoms with Crippen LogP contribution in [0.2, 0.25) is 0 Å². The maximum absolute atomic E-state index is 4.80. The zero-order valence-corrected chi connectivity index (χ0v) is 11.3. The number of thiazole rings is 1. The Morgan fingerprint density at radius 3 is 2.53 bits per heavy atom. The van der Waals surface area contributed by atoms with Crippen LogP contribution in [0.1, 0.15) is 5.69 Å². The number of aryl methyl sites for hydroxylation is 1. The van der Waals surface area contributed by atoms with Crippen molar-refractivity contribution in [1.29, 1.82) is 0 Å². The molecule has 3 heteroatoms. The number of benzene rings is 2. The van der Waals surface area contributed by atoms with Crippen LogP contribution in [0, 0.1) is 6.92 Å². The Kier molecular flexibility index (Phi) is 2.23. The summed E-state index contributed by atoms with van der Waals surface area (Å²) in [6.45, 7) is 2.14. The highest BCUT2D eigenvalue weighted by molar-refractivity contribution is 7.23. The maximum atomic E-state index is 4.80. The van der Waals surface area contributed by atoms with Crippen LogP contribution in [0.4, 0.5) is 0 Å². The second-order valence-electron chi connectivity index (χ2n) is 4.60. The Hall–Kier alpha value is -2.13. The molecule has 4 aromatic rings. The molecule has 2 heterocycles. The highest BCUT2D eigenvalue weighted by atomic mass is 32.1. The van der Waals surface area contributed by atoms with Crippen LogP contribution in [0.25, 0.3) is 26.4 Å². The van der Waals surface area contributed by atoms with E-state index in [4.69, 9.17) is 4.98 Å². The van der Waals surface area contributed by atoms with Gasteiger partial charge in [0, 0.05) is 11.3 Å². The standard InChI is InChI=1S/C16H12N2S/c1-11-15(12-7-3-2-4-8-12)17-16-18(11)13-9-5-6-10-14(13)19-16/h2-10H,1H3. The molecule has 19 heavy (non-hydrogen) atoms. The van der Waals surface area contributed by atoms with Gasteiger partial charge in [-0.2, -0.15) is 0 Å². The molecule has 0 atom stereocenters. The number of hydrogen-bond acceptors (Lipinski definition) is 2. The quantitative estimate of drug-likeness (QED) is 0.494. The van der Waals surface area contributed by atoms with Crippen LogP contribution in [0.3, 0.4) is 0 Å². The summed E-state index contributed by atoms with van der Waals surface area (Å²) in [6.07, 6.45) is 0. The Labute approximate surface area is 115 Å². The summed E-state index contributed by atoms with van der Waals surface area (Å²) in [6, 6.07) is 18.8. The topological polar surface area (TPSA) is 17.3 Å². The van der Waals surface area contributed by atoms with Gasteiger partial charge >= 0.3 is 0 Å². The van der Waals surface area contributed by atoms with Gasteiger partial charge in [-0.05, 0) is 19.1 Å². The number of fused-ring (bicyclic) bond motifs is 3. The fourth-order valence-corrected chi connectivity index (χ4v) is 3.59. The molecule has 0 aliphatic heterocycles. The highest BCUT2D eigenvalue weighted by Crippen LogP contribution is 2.32. The van der Waals surface area contributed by atoms with Gasteiger partial charge < -0.3 is 0 Å². The summed E-state index contributed by atoms with van der Waals surface area (Å²) in [5, 5.41) is 0. The third-order valence-corrected chi connectivity index (χ3v) is 4.45. The molecule has 0 saturated heterocycles. The van der Waals surface area contributed by atoms with Crippen molar-refractivity contribution in [2.45, 2.75) is 6.92 Å². The summed E-state index contributed by atoms with van der Waals surface area (Å²) in [7, 11) is 0. The summed E-state index contributed by atoms with van der Waals surface area (Å²) in [4.78, 5) is 5.87.